The maximum Gasteiger partial charge on any atom is 0.323 e. The Bertz CT molecular complexity index is 686. The number of hydrogen-bond acceptors (Lipinski definition) is 2. The Kier molecular flexibility index (Phi) is 4.57. The Morgan fingerprint density at radius 3 is 2.57 bits per heavy atom. The zero-order valence-corrected chi connectivity index (χ0v) is 12.1. The molecule has 0 aromatic heterocycles. The van der Waals surface area contributed by atoms with Gasteiger partial charge in [0, 0.05) is 11.4 Å². The Morgan fingerprint density at radius 1 is 1.10 bits per heavy atom. The number of nitrogens with zero attached hydrogens (tertiary/aromatic N) is 1. The summed E-state index contributed by atoms with van der Waals surface area (Å²) in [7, 11) is 0. The molecule has 0 atom stereocenters. The maximum absolute atomic E-state index is 12.1. The highest BCUT2D eigenvalue weighted by Crippen LogP contribution is 2.23. The highest BCUT2D eigenvalue weighted by Gasteiger charge is 2.09. The van der Waals surface area contributed by atoms with Crippen LogP contribution in [-0.4, -0.2) is 6.03 Å². The highest BCUT2D eigenvalue weighted by atomic mass is 16.2. The molecule has 0 saturated carbocycles. The minimum atomic E-state index is -0.321. The minimum Gasteiger partial charge on any atom is -0.308 e. The smallest absolute Gasteiger partial charge is 0.308 e. The molecule has 0 aliphatic carbocycles. The molecule has 2 amide bonds. The van der Waals surface area contributed by atoms with Crippen molar-refractivity contribution in [3.63, 3.8) is 0 Å². The van der Waals surface area contributed by atoms with Crippen LogP contribution in [0.5, 0.6) is 0 Å². The second-order valence-corrected chi connectivity index (χ2v) is 5.01. The van der Waals surface area contributed by atoms with Crippen molar-refractivity contribution in [1.29, 1.82) is 5.26 Å². The van der Waals surface area contributed by atoms with Crippen molar-refractivity contribution in [2.24, 2.45) is 0 Å². The lowest BCUT2D eigenvalue weighted by Crippen LogP contribution is -2.20. The Hall–Kier alpha value is -2.80. The molecule has 0 aliphatic heterocycles. The molecular formula is C17H17N3O. The summed E-state index contributed by atoms with van der Waals surface area (Å²) in [6.45, 7) is 4.16. The van der Waals surface area contributed by atoms with E-state index in [-0.39, 0.29) is 6.03 Å². The lowest BCUT2D eigenvalue weighted by Gasteiger charge is -2.14. The van der Waals surface area contributed by atoms with Gasteiger partial charge >= 0.3 is 6.03 Å². The van der Waals surface area contributed by atoms with Crippen LogP contribution in [0.25, 0.3) is 0 Å². The molecule has 2 N–H and O–H groups in total. The van der Waals surface area contributed by atoms with Gasteiger partial charge in [0.2, 0.25) is 0 Å². The molecule has 0 fully saturated rings. The first kappa shape index (κ1) is 14.6. The average Bonchev–Trinajstić information content (AvgIpc) is 2.47. The molecular weight excluding hydrogens is 262 g/mol. The topological polar surface area (TPSA) is 64.9 Å². The monoisotopic (exact) mass is 279 g/mol. The van der Waals surface area contributed by atoms with Crippen molar-refractivity contribution < 1.29 is 4.79 Å². The van der Waals surface area contributed by atoms with Crippen LogP contribution in [0.15, 0.2) is 48.5 Å². The van der Waals surface area contributed by atoms with Gasteiger partial charge in [0.15, 0.2) is 0 Å². The quantitative estimate of drug-likeness (QED) is 0.878. The average molecular weight is 279 g/mol. The molecule has 0 saturated heterocycles. The lowest BCUT2D eigenvalue weighted by atomic mass is 10.0. The lowest BCUT2D eigenvalue weighted by molar-refractivity contribution is 0.262. The molecule has 21 heavy (non-hydrogen) atoms. The van der Waals surface area contributed by atoms with Crippen LogP contribution in [0, 0.1) is 11.3 Å². The first-order valence-corrected chi connectivity index (χ1v) is 6.77. The third kappa shape index (κ3) is 3.83. The van der Waals surface area contributed by atoms with Crippen molar-refractivity contribution >= 4 is 17.4 Å². The van der Waals surface area contributed by atoms with E-state index in [1.165, 1.54) is 0 Å². The van der Waals surface area contributed by atoms with Gasteiger partial charge < -0.3 is 10.6 Å². The van der Waals surface area contributed by atoms with E-state index in [4.69, 9.17) is 5.26 Å². The van der Waals surface area contributed by atoms with E-state index in [9.17, 15) is 4.79 Å². The van der Waals surface area contributed by atoms with Gasteiger partial charge in [-0.2, -0.15) is 5.26 Å². The fraction of sp³-hybridized carbons (Fsp3) is 0.176. The van der Waals surface area contributed by atoms with E-state index in [0.717, 1.165) is 11.3 Å². The zero-order valence-electron chi connectivity index (χ0n) is 12.1. The van der Waals surface area contributed by atoms with Gasteiger partial charge in [-0.25, -0.2) is 4.79 Å². The molecule has 4 nitrogen and oxygen atoms in total. The molecule has 2 aromatic carbocycles. The molecule has 0 spiro atoms. The van der Waals surface area contributed by atoms with Crippen LogP contribution >= 0.6 is 0 Å². The number of para-hydroxylation sites is 1. The van der Waals surface area contributed by atoms with Crippen molar-refractivity contribution in [3.8, 4) is 6.07 Å². The molecule has 4 heteroatoms. The number of carbonyl (C=O) groups is 1. The van der Waals surface area contributed by atoms with Gasteiger partial charge in [0.05, 0.1) is 11.6 Å². The first-order valence-electron chi connectivity index (χ1n) is 6.77. The van der Waals surface area contributed by atoms with Crippen molar-refractivity contribution in [2.45, 2.75) is 19.8 Å². The van der Waals surface area contributed by atoms with E-state index in [1.54, 1.807) is 24.3 Å². The van der Waals surface area contributed by atoms with Crippen molar-refractivity contribution in [2.75, 3.05) is 10.6 Å². The van der Waals surface area contributed by atoms with E-state index in [0.29, 0.717) is 17.2 Å². The summed E-state index contributed by atoms with van der Waals surface area (Å²) in [6.07, 6.45) is 0. The summed E-state index contributed by atoms with van der Waals surface area (Å²) in [5.74, 6) is 0.323. The second-order valence-electron chi connectivity index (χ2n) is 5.01. The van der Waals surface area contributed by atoms with Gasteiger partial charge in [0.25, 0.3) is 0 Å². The maximum atomic E-state index is 12.1. The number of rotatable bonds is 3. The number of anilines is 2. The standard InChI is InChI=1S/C17H17N3O/c1-12(2)15-8-3-4-9-16(15)20-17(21)19-14-7-5-6-13(10-14)11-18/h3-10,12H,1-2H3,(H2,19,20,21). The number of urea groups is 1. The molecule has 2 rings (SSSR count). The van der Waals surface area contributed by atoms with Crippen LogP contribution in [0.2, 0.25) is 0 Å². The predicted octanol–water partition coefficient (Wildman–Crippen LogP) is 4.33. The molecule has 106 valence electrons. The SMILES string of the molecule is CC(C)c1ccccc1NC(=O)Nc1cccc(C#N)c1. The molecule has 2 aromatic rings. The van der Waals surface area contributed by atoms with Crippen LogP contribution in [-0.2, 0) is 0 Å². The summed E-state index contributed by atoms with van der Waals surface area (Å²) >= 11 is 0. The van der Waals surface area contributed by atoms with Crippen LogP contribution in [0.4, 0.5) is 16.2 Å². The largest absolute Gasteiger partial charge is 0.323 e. The normalized spacial score (nSPS) is 10.0. The van der Waals surface area contributed by atoms with E-state index >= 15 is 0 Å². The summed E-state index contributed by atoms with van der Waals surface area (Å²) in [4.78, 5) is 12.1. The van der Waals surface area contributed by atoms with E-state index in [2.05, 4.69) is 24.5 Å². The summed E-state index contributed by atoms with van der Waals surface area (Å²) in [5, 5.41) is 14.4. The first-order chi connectivity index (χ1) is 10.1. The zero-order chi connectivity index (χ0) is 15.2. The van der Waals surface area contributed by atoms with Gasteiger partial charge in [-0.1, -0.05) is 38.1 Å². The van der Waals surface area contributed by atoms with Crippen molar-refractivity contribution in [1.82, 2.24) is 0 Å². The Labute approximate surface area is 124 Å². The molecule has 0 aliphatic rings. The summed E-state index contributed by atoms with van der Waals surface area (Å²) in [5.41, 5.74) is 2.98. The fourth-order valence-electron chi connectivity index (χ4n) is 2.07. The molecule has 0 radical (unpaired) electrons. The van der Waals surface area contributed by atoms with Crippen LogP contribution in [0.3, 0.4) is 0 Å². The second kappa shape index (κ2) is 6.58. The van der Waals surface area contributed by atoms with Gasteiger partial charge in [-0.05, 0) is 35.7 Å². The summed E-state index contributed by atoms with van der Waals surface area (Å²) in [6, 6.07) is 16.2. The molecule has 0 unspecified atom stereocenters. The number of nitriles is 1. The highest BCUT2D eigenvalue weighted by molar-refractivity contribution is 6.00. The number of nitrogens with one attached hydrogen (secondary N) is 2. The number of carbonyl (C=O) groups excluding carboxylic acids is 1. The predicted molar refractivity (Wildman–Crippen MR) is 84.3 cm³/mol. The number of benzene rings is 2. The van der Waals surface area contributed by atoms with Gasteiger partial charge in [-0.15, -0.1) is 0 Å². The third-order valence-corrected chi connectivity index (χ3v) is 3.08. The minimum absolute atomic E-state index is 0.321. The van der Waals surface area contributed by atoms with Gasteiger partial charge in [-0.3, -0.25) is 0 Å². The van der Waals surface area contributed by atoms with Crippen LogP contribution < -0.4 is 10.6 Å². The van der Waals surface area contributed by atoms with Crippen molar-refractivity contribution in [3.05, 3.63) is 59.7 Å². The van der Waals surface area contributed by atoms with Crippen LogP contribution in [0.1, 0.15) is 30.9 Å². The number of hydrogen-bond donors (Lipinski definition) is 2. The third-order valence-electron chi connectivity index (χ3n) is 3.08. The Balaban J connectivity index is 2.10. The van der Waals surface area contributed by atoms with E-state index < -0.39 is 0 Å². The number of amides is 2. The van der Waals surface area contributed by atoms with Gasteiger partial charge in [0.1, 0.15) is 0 Å². The molecule has 0 heterocycles. The summed E-state index contributed by atoms with van der Waals surface area (Å²) < 4.78 is 0. The Morgan fingerprint density at radius 2 is 1.86 bits per heavy atom. The molecule has 0 bridgehead atoms. The fourth-order valence-corrected chi connectivity index (χ4v) is 2.07. The van der Waals surface area contributed by atoms with E-state index in [1.807, 2.05) is 30.3 Å².